The van der Waals surface area contributed by atoms with Gasteiger partial charge in [-0.2, -0.15) is 31.3 Å². The van der Waals surface area contributed by atoms with Gasteiger partial charge in [-0.1, -0.05) is 42.5 Å². The number of nitrogens with zero attached hydrogens (tertiary/aromatic N) is 5. The Morgan fingerprint density at radius 2 is 1.42 bits per heavy atom. The Morgan fingerprint density at radius 1 is 0.844 bits per heavy atom. The third-order valence-corrected chi connectivity index (χ3v) is 6.12. The van der Waals surface area contributed by atoms with E-state index in [1.807, 2.05) is 37.3 Å². The van der Waals surface area contributed by atoms with E-state index in [0.717, 1.165) is 45.8 Å². The molecule has 17 heteroatoms. The van der Waals surface area contributed by atoms with Crippen molar-refractivity contribution in [2.75, 3.05) is 5.32 Å². The fraction of sp³-hybridized carbons (Fsp3) is 0.179. The normalized spacial score (nSPS) is 11.6. The third-order valence-electron chi connectivity index (χ3n) is 6.12. The van der Waals surface area contributed by atoms with E-state index < -0.39 is 24.3 Å². The smallest absolute Gasteiger partial charge is 0.475 e. The zero-order valence-corrected chi connectivity index (χ0v) is 23.2. The van der Waals surface area contributed by atoms with Crippen LogP contribution >= 0.6 is 0 Å². The summed E-state index contributed by atoms with van der Waals surface area (Å²) >= 11 is 0. The van der Waals surface area contributed by atoms with Gasteiger partial charge in [0.25, 0.3) is 6.01 Å². The molecule has 0 atom stereocenters. The predicted octanol–water partition coefficient (Wildman–Crippen LogP) is 6.50. The zero-order valence-electron chi connectivity index (χ0n) is 23.2. The van der Waals surface area contributed by atoms with Crippen molar-refractivity contribution in [2.45, 2.75) is 32.7 Å². The first-order valence-electron chi connectivity index (χ1n) is 12.7. The summed E-state index contributed by atoms with van der Waals surface area (Å²) in [6.07, 6.45) is -10.2. The molecule has 0 aliphatic rings. The molecule has 0 spiro atoms. The minimum Gasteiger partial charge on any atom is -0.475 e. The van der Waals surface area contributed by atoms with Crippen LogP contribution in [0.15, 0.2) is 71.1 Å². The summed E-state index contributed by atoms with van der Waals surface area (Å²) in [7, 11) is 0. The first-order chi connectivity index (χ1) is 21.1. The number of benzene rings is 2. The lowest BCUT2D eigenvalue weighted by atomic mass is 10.2. The summed E-state index contributed by atoms with van der Waals surface area (Å²) in [5, 5.41) is 26.3. The number of aliphatic carboxylic acids is 2. The van der Waals surface area contributed by atoms with Crippen LogP contribution in [-0.2, 0) is 16.1 Å². The monoisotopic (exact) mass is 636 g/mol. The van der Waals surface area contributed by atoms with E-state index in [1.165, 1.54) is 11.3 Å². The molecular formula is C28H22F6N6O5. The number of para-hydroxylation sites is 2. The molecule has 3 N–H and O–H groups in total. The summed E-state index contributed by atoms with van der Waals surface area (Å²) in [4.78, 5) is 22.3. The number of carboxylic acid groups (broad SMARTS) is 2. The van der Waals surface area contributed by atoms with Crippen molar-refractivity contribution in [3.63, 3.8) is 0 Å². The maximum atomic E-state index is 10.6. The van der Waals surface area contributed by atoms with Crippen LogP contribution in [0.5, 0.6) is 0 Å². The molecule has 0 aliphatic heterocycles. The number of fused-ring (bicyclic) bond motifs is 4. The summed E-state index contributed by atoms with van der Waals surface area (Å²) in [5.74, 6) is -4.68. The Kier molecular flexibility index (Phi) is 9.01. The summed E-state index contributed by atoms with van der Waals surface area (Å²) < 4.78 is 73.7. The highest BCUT2D eigenvalue weighted by Gasteiger charge is 2.38. The van der Waals surface area contributed by atoms with Gasteiger partial charge >= 0.3 is 24.3 Å². The second-order valence-corrected chi connectivity index (χ2v) is 9.31. The van der Waals surface area contributed by atoms with Crippen molar-refractivity contribution in [3.8, 4) is 0 Å². The quantitative estimate of drug-likeness (QED) is 0.185. The van der Waals surface area contributed by atoms with Gasteiger partial charge in [0.05, 0.1) is 16.7 Å². The SMILES string of the molecule is Cc1cc2c(cc(Nc3nc4ccccc4o3)c3nnc(C)n32)n1Cc1ccccc1.O=C(O)C(F)(F)F.O=C(O)C(F)(F)F. The second kappa shape index (κ2) is 12.6. The Morgan fingerprint density at radius 3 is 2.00 bits per heavy atom. The maximum absolute atomic E-state index is 10.6. The number of carbonyl (C=O) groups is 2. The van der Waals surface area contributed by atoms with E-state index in [-0.39, 0.29) is 0 Å². The van der Waals surface area contributed by atoms with E-state index in [0.29, 0.717) is 6.01 Å². The lowest BCUT2D eigenvalue weighted by Gasteiger charge is -2.11. The van der Waals surface area contributed by atoms with E-state index in [9.17, 15) is 26.3 Å². The fourth-order valence-corrected chi connectivity index (χ4v) is 4.14. The van der Waals surface area contributed by atoms with Gasteiger partial charge in [0.15, 0.2) is 11.2 Å². The molecular weight excluding hydrogens is 614 g/mol. The molecule has 0 unspecified atom stereocenters. The van der Waals surface area contributed by atoms with Crippen LogP contribution in [0.4, 0.5) is 38.0 Å². The molecule has 6 rings (SSSR count). The van der Waals surface area contributed by atoms with Crippen molar-refractivity contribution in [1.29, 1.82) is 0 Å². The van der Waals surface area contributed by atoms with Crippen LogP contribution in [0.2, 0.25) is 0 Å². The molecule has 0 saturated heterocycles. The summed E-state index contributed by atoms with van der Waals surface area (Å²) in [5.41, 5.74) is 7.68. The van der Waals surface area contributed by atoms with E-state index in [2.05, 4.69) is 72.8 Å². The van der Waals surface area contributed by atoms with Crippen LogP contribution in [0.3, 0.4) is 0 Å². The van der Waals surface area contributed by atoms with Crippen molar-refractivity contribution in [1.82, 2.24) is 24.1 Å². The largest absolute Gasteiger partial charge is 0.490 e. The van der Waals surface area contributed by atoms with Crippen LogP contribution in [0, 0.1) is 13.8 Å². The average molecular weight is 637 g/mol. The van der Waals surface area contributed by atoms with Gasteiger partial charge in [-0.05, 0) is 43.7 Å². The van der Waals surface area contributed by atoms with E-state index >= 15 is 0 Å². The zero-order chi connectivity index (χ0) is 33.1. The molecule has 4 heterocycles. The topological polar surface area (TPSA) is 148 Å². The molecule has 0 bridgehead atoms. The van der Waals surface area contributed by atoms with Crippen LogP contribution < -0.4 is 5.32 Å². The maximum Gasteiger partial charge on any atom is 0.490 e. The Bertz CT molecular complexity index is 1920. The number of pyridine rings is 1. The second-order valence-electron chi connectivity index (χ2n) is 9.31. The molecule has 0 aliphatic carbocycles. The molecule has 0 amide bonds. The number of halogens is 6. The number of nitrogens with one attached hydrogen (secondary N) is 1. The molecule has 236 valence electrons. The number of aryl methyl sites for hydroxylation is 2. The minimum absolute atomic E-state index is 0.431. The van der Waals surface area contributed by atoms with Gasteiger partial charge < -0.3 is 24.5 Å². The van der Waals surface area contributed by atoms with Crippen molar-refractivity contribution < 1.29 is 50.6 Å². The number of hydrogen-bond donors (Lipinski definition) is 3. The highest BCUT2D eigenvalue weighted by Crippen LogP contribution is 2.31. The summed E-state index contributed by atoms with van der Waals surface area (Å²) in [6, 6.07) is 22.9. The molecule has 4 aromatic heterocycles. The first-order valence-corrected chi connectivity index (χ1v) is 12.7. The number of hydrogen-bond acceptors (Lipinski definition) is 7. The Hall–Kier alpha value is -5.61. The van der Waals surface area contributed by atoms with Crippen molar-refractivity contribution >= 4 is 51.4 Å². The van der Waals surface area contributed by atoms with Crippen molar-refractivity contribution in [2.24, 2.45) is 0 Å². The van der Waals surface area contributed by atoms with Crippen LogP contribution in [0.25, 0.3) is 27.8 Å². The predicted molar refractivity (Wildman–Crippen MR) is 148 cm³/mol. The lowest BCUT2D eigenvalue weighted by molar-refractivity contribution is -0.193. The standard InChI is InChI=1S/C24H20N6O.2C2HF3O2/c1-15-12-21-20(29(15)14-17-8-4-3-5-9-17)13-19(23-28-27-16(2)30(21)23)26-24-25-18-10-6-7-11-22(18)31-24;2*3-2(4,5)1(6)7/h3-13H,14H2,1-2H3,(H,25,26);2*(H,6,7). The van der Waals surface area contributed by atoms with Gasteiger partial charge in [-0.3, -0.25) is 4.40 Å². The molecule has 0 radical (unpaired) electrons. The molecule has 2 aromatic carbocycles. The number of aromatic nitrogens is 5. The molecule has 0 saturated carbocycles. The molecule has 0 fully saturated rings. The lowest BCUT2D eigenvalue weighted by Crippen LogP contribution is -2.21. The van der Waals surface area contributed by atoms with Gasteiger partial charge in [0.2, 0.25) is 0 Å². The van der Waals surface area contributed by atoms with Crippen LogP contribution in [0.1, 0.15) is 17.1 Å². The summed E-state index contributed by atoms with van der Waals surface area (Å²) in [6.45, 7) is 4.88. The van der Waals surface area contributed by atoms with Gasteiger partial charge in [0, 0.05) is 12.2 Å². The Labute approximate surface area is 248 Å². The third kappa shape index (κ3) is 7.49. The minimum atomic E-state index is -5.08. The number of rotatable bonds is 4. The van der Waals surface area contributed by atoms with Gasteiger partial charge in [-0.25, -0.2) is 9.59 Å². The Balaban J connectivity index is 0.000000277. The number of anilines is 2. The van der Waals surface area contributed by atoms with Crippen molar-refractivity contribution in [3.05, 3.63) is 83.8 Å². The van der Waals surface area contributed by atoms with Gasteiger partial charge in [-0.15, -0.1) is 10.2 Å². The molecule has 45 heavy (non-hydrogen) atoms. The number of oxazole rings is 1. The van der Waals surface area contributed by atoms with Gasteiger partial charge in [0.1, 0.15) is 11.3 Å². The number of alkyl halides is 6. The molecule has 11 nitrogen and oxygen atoms in total. The highest BCUT2D eigenvalue weighted by atomic mass is 19.4. The fourth-order valence-electron chi connectivity index (χ4n) is 4.14. The first kappa shape index (κ1) is 32.3. The number of carboxylic acids is 2. The highest BCUT2D eigenvalue weighted by molar-refractivity contribution is 5.89. The van der Waals surface area contributed by atoms with E-state index in [1.54, 1.807) is 0 Å². The average Bonchev–Trinajstić information content (AvgIpc) is 3.64. The van der Waals surface area contributed by atoms with Crippen LogP contribution in [-0.4, -0.2) is 58.7 Å². The van der Waals surface area contributed by atoms with E-state index in [4.69, 9.17) is 24.2 Å². The molecule has 6 aromatic rings.